The van der Waals surface area contributed by atoms with E-state index in [0.29, 0.717) is 5.75 Å². The van der Waals surface area contributed by atoms with Crippen LogP contribution in [0, 0.1) is 0 Å². The van der Waals surface area contributed by atoms with Crippen molar-refractivity contribution < 1.29 is 5.11 Å². The van der Waals surface area contributed by atoms with E-state index in [0.717, 1.165) is 18.5 Å². The lowest BCUT2D eigenvalue weighted by molar-refractivity contribution is 0.475. The Morgan fingerprint density at radius 3 is 2.87 bits per heavy atom. The molecule has 2 nitrogen and oxygen atoms in total. The number of phenolic OH excluding ortho intramolecular Hbond substituents is 1. The molecule has 0 unspecified atom stereocenters. The number of unbranched alkanes of at least 4 members (excludes halogenated alkanes) is 3. The molecule has 0 radical (unpaired) electrons. The van der Waals surface area contributed by atoms with Gasteiger partial charge in [-0.2, -0.15) is 0 Å². The van der Waals surface area contributed by atoms with Crippen LogP contribution in [0.3, 0.4) is 0 Å². The number of rotatable bonds is 6. The van der Waals surface area contributed by atoms with E-state index in [9.17, 15) is 5.11 Å². The molecule has 15 heavy (non-hydrogen) atoms. The SMILES string of the molecule is CCCCCCN=Cc1cccc(O)c1. The van der Waals surface area contributed by atoms with E-state index in [-0.39, 0.29) is 0 Å². The normalized spacial score (nSPS) is 11.0. The van der Waals surface area contributed by atoms with Crippen LogP contribution in [0.4, 0.5) is 0 Å². The number of phenols is 1. The fraction of sp³-hybridized carbons (Fsp3) is 0.462. The zero-order valence-electron chi connectivity index (χ0n) is 9.32. The summed E-state index contributed by atoms with van der Waals surface area (Å²) in [5.74, 6) is 0.296. The van der Waals surface area contributed by atoms with Crippen molar-refractivity contribution in [2.24, 2.45) is 4.99 Å². The first-order chi connectivity index (χ1) is 7.33. The lowest BCUT2D eigenvalue weighted by Crippen LogP contribution is -1.85. The lowest BCUT2D eigenvalue weighted by Gasteiger charge is -1.96. The molecule has 0 amide bonds. The van der Waals surface area contributed by atoms with Crippen LogP contribution in [-0.4, -0.2) is 17.9 Å². The third kappa shape index (κ3) is 5.21. The van der Waals surface area contributed by atoms with E-state index in [4.69, 9.17) is 0 Å². The average molecular weight is 205 g/mol. The van der Waals surface area contributed by atoms with Crippen LogP contribution in [0.1, 0.15) is 38.2 Å². The second-order valence-corrected chi connectivity index (χ2v) is 3.69. The first-order valence-corrected chi connectivity index (χ1v) is 5.62. The molecule has 0 aliphatic carbocycles. The molecule has 0 saturated carbocycles. The van der Waals surface area contributed by atoms with Gasteiger partial charge in [0.2, 0.25) is 0 Å². The molecule has 0 spiro atoms. The Hall–Kier alpha value is -1.31. The number of hydrogen-bond acceptors (Lipinski definition) is 2. The molecule has 0 aromatic heterocycles. The summed E-state index contributed by atoms with van der Waals surface area (Å²) < 4.78 is 0. The highest BCUT2D eigenvalue weighted by Gasteiger charge is 1.89. The summed E-state index contributed by atoms with van der Waals surface area (Å²) in [5, 5.41) is 9.22. The van der Waals surface area contributed by atoms with E-state index in [1.165, 1.54) is 19.3 Å². The highest BCUT2D eigenvalue weighted by atomic mass is 16.3. The Bertz CT molecular complexity index is 307. The molecule has 1 N–H and O–H groups in total. The van der Waals surface area contributed by atoms with E-state index >= 15 is 0 Å². The van der Waals surface area contributed by atoms with Gasteiger partial charge in [0.05, 0.1) is 0 Å². The minimum Gasteiger partial charge on any atom is -0.508 e. The van der Waals surface area contributed by atoms with Crippen molar-refractivity contribution >= 4 is 6.21 Å². The Morgan fingerprint density at radius 2 is 2.13 bits per heavy atom. The number of aliphatic imine (C=N–C) groups is 1. The van der Waals surface area contributed by atoms with Gasteiger partial charge < -0.3 is 5.11 Å². The number of benzene rings is 1. The van der Waals surface area contributed by atoms with Gasteiger partial charge in [0.15, 0.2) is 0 Å². The Morgan fingerprint density at radius 1 is 1.27 bits per heavy atom. The summed E-state index contributed by atoms with van der Waals surface area (Å²) in [4.78, 5) is 4.32. The molecule has 1 rings (SSSR count). The zero-order chi connectivity index (χ0) is 10.9. The molecule has 0 bridgehead atoms. The number of hydrogen-bond donors (Lipinski definition) is 1. The van der Waals surface area contributed by atoms with E-state index in [1.54, 1.807) is 12.1 Å². The van der Waals surface area contributed by atoms with Crippen LogP contribution in [0.2, 0.25) is 0 Å². The third-order valence-corrected chi connectivity index (χ3v) is 2.25. The van der Waals surface area contributed by atoms with Crippen molar-refractivity contribution in [3.63, 3.8) is 0 Å². The molecule has 0 atom stereocenters. The van der Waals surface area contributed by atoms with Gasteiger partial charge in [-0.3, -0.25) is 4.99 Å². The maximum atomic E-state index is 9.22. The summed E-state index contributed by atoms with van der Waals surface area (Å²) in [6, 6.07) is 7.15. The molecule has 0 aliphatic rings. The third-order valence-electron chi connectivity index (χ3n) is 2.25. The van der Waals surface area contributed by atoms with Crippen molar-refractivity contribution in [3.8, 4) is 5.75 Å². The minimum absolute atomic E-state index is 0.296. The van der Waals surface area contributed by atoms with Crippen LogP contribution in [0.5, 0.6) is 5.75 Å². The molecule has 2 heteroatoms. The molecule has 82 valence electrons. The predicted molar refractivity (Wildman–Crippen MR) is 64.7 cm³/mol. The first kappa shape index (κ1) is 11.8. The van der Waals surface area contributed by atoms with Gasteiger partial charge in [-0.25, -0.2) is 0 Å². The predicted octanol–water partition coefficient (Wildman–Crippen LogP) is 3.39. The van der Waals surface area contributed by atoms with E-state index in [1.807, 2.05) is 18.3 Å². The Labute approximate surface area is 91.7 Å². The van der Waals surface area contributed by atoms with Gasteiger partial charge in [-0.1, -0.05) is 38.3 Å². The monoisotopic (exact) mass is 205 g/mol. The largest absolute Gasteiger partial charge is 0.508 e. The lowest BCUT2D eigenvalue weighted by atomic mass is 10.2. The van der Waals surface area contributed by atoms with Gasteiger partial charge in [0.1, 0.15) is 5.75 Å². The summed E-state index contributed by atoms with van der Waals surface area (Å²) in [7, 11) is 0. The second kappa shape index (κ2) is 7.04. The van der Waals surface area contributed by atoms with E-state index in [2.05, 4.69) is 11.9 Å². The molecular weight excluding hydrogens is 186 g/mol. The molecule has 0 saturated heterocycles. The number of nitrogens with zero attached hydrogens (tertiary/aromatic N) is 1. The van der Waals surface area contributed by atoms with Crippen LogP contribution >= 0.6 is 0 Å². The molecular formula is C13H19NO. The van der Waals surface area contributed by atoms with Crippen LogP contribution < -0.4 is 0 Å². The maximum Gasteiger partial charge on any atom is 0.116 e. The van der Waals surface area contributed by atoms with Gasteiger partial charge in [-0.05, 0) is 24.1 Å². The van der Waals surface area contributed by atoms with Gasteiger partial charge in [0.25, 0.3) is 0 Å². The quantitative estimate of drug-likeness (QED) is 0.560. The summed E-state index contributed by atoms with van der Waals surface area (Å²) in [5.41, 5.74) is 0.963. The molecule has 0 fully saturated rings. The maximum absolute atomic E-state index is 9.22. The van der Waals surface area contributed by atoms with Crippen LogP contribution in [-0.2, 0) is 0 Å². The molecule has 1 aromatic rings. The standard InChI is InChI=1S/C13H19NO/c1-2-3-4-5-9-14-11-12-7-6-8-13(15)10-12/h6-8,10-11,15H,2-5,9H2,1H3. The van der Waals surface area contributed by atoms with Crippen molar-refractivity contribution in [2.45, 2.75) is 32.6 Å². The second-order valence-electron chi connectivity index (χ2n) is 3.69. The van der Waals surface area contributed by atoms with Crippen molar-refractivity contribution in [2.75, 3.05) is 6.54 Å². The highest BCUT2D eigenvalue weighted by Crippen LogP contribution is 2.08. The minimum atomic E-state index is 0.296. The van der Waals surface area contributed by atoms with Crippen LogP contribution in [0.15, 0.2) is 29.3 Å². The van der Waals surface area contributed by atoms with Crippen molar-refractivity contribution in [1.29, 1.82) is 0 Å². The smallest absolute Gasteiger partial charge is 0.116 e. The first-order valence-electron chi connectivity index (χ1n) is 5.62. The summed E-state index contributed by atoms with van der Waals surface area (Å²) >= 11 is 0. The molecule has 0 aliphatic heterocycles. The van der Waals surface area contributed by atoms with Crippen LogP contribution in [0.25, 0.3) is 0 Å². The Balaban J connectivity index is 2.26. The molecule has 0 heterocycles. The van der Waals surface area contributed by atoms with Gasteiger partial charge in [-0.15, -0.1) is 0 Å². The van der Waals surface area contributed by atoms with E-state index < -0.39 is 0 Å². The van der Waals surface area contributed by atoms with Crippen molar-refractivity contribution in [3.05, 3.63) is 29.8 Å². The Kier molecular flexibility index (Phi) is 5.52. The average Bonchev–Trinajstić information content (AvgIpc) is 2.23. The van der Waals surface area contributed by atoms with Gasteiger partial charge in [0, 0.05) is 12.8 Å². The summed E-state index contributed by atoms with van der Waals surface area (Å²) in [6.07, 6.45) is 6.79. The topological polar surface area (TPSA) is 32.6 Å². The fourth-order valence-electron chi connectivity index (χ4n) is 1.40. The zero-order valence-corrected chi connectivity index (χ0v) is 9.32. The number of aromatic hydroxyl groups is 1. The summed E-state index contributed by atoms with van der Waals surface area (Å²) in [6.45, 7) is 3.09. The molecule has 1 aromatic carbocycles. The fourth-order valence-corrected chi connectivity index (χ4v) is 1.40. The highest BCUT2D eigenvalue weighted by molar-refractivity contribution is 5.80. The van der Waals surface area contributed by atoms with Gasteiger partial charge >= 0.3 is 0 Å². The van der Waals surface area contributed by atoms with Crippen molar-refractivity contribution in [1.82, 2.24) is 0 Å².